The van der Waals surface area contributed by atoms with Crippen molar-refractivity contribution in [1.82, 2.24) is 4.98 Å². The summed E-state index contributed by atoms with van der Waals surface area (Å²) in [7, 11) is 0. The lowest BCUT2D eigenvalue weighted by atomic mass is 10.2. The van der Waals surface area contributed by atoms with Crippen molar-refractivity contribution in [2.75, 3.05) is 0 Å². The van der Waals surface area contributed by atoms with E-state index in [9.17, 15) is 4.39 Å². The molecule has 0 fully saturated rings. The molecule has 1 heterocycles. The maximum Gasteiger partial charge on any atom is 0.226 e. The van der Waals surface area contributed by atoms with E-state index in [1.54, 1.807) is 18.2 Å². The van der Waals surface area contributed by atoms with Gasteiger partial charge >= 0.3 is 0 Å². The maximum absolute atomic E-state index is 13.4. The number of hydrogen-bond acceptors (Lipinski definition) is 3. The lowest BCUT2D eigenvalue weighted by Crippen LogP contribution is -1.97. The summed E-state index contributed by atoms with van der Waals surface area (Å²) in [5.74, 6) is 0.341. The van der Waals surface area contributed by atoms with Gasteiger partial charge < -0.3 is 9.15 Å². The second kappa shape index (κ2) is 5.57. The summed E-state index contributed by atoms with van der Waals surface area (Å²) in [6.45, 7) is 0.164. The first-order valence-corrected chi connectivity index (χ1v) is 6.20. The monoisotopic (exact) mass is 269 g/mol. The molecule has 0 unspecified atom stereocenters. The molecular formula is C16H12FNO2. The topological polar surface area (TPSA) is 35.3 Å². The SMILES string of the molecule is Fc1ccccc1OCc1coc(-c2ccccc2)n1. The fourth-order valence-corrected chi connectivity index (χ4v) is 1.80. The van der Waals surface area contributed by atoms with Crippen LogP contribution in [0.3, 0.4) is 0 Å². The number of halogens is 1. The summed E-state index contributed by atoms with van der Waals surface area (Å²) in [5, 5.41) is 0. The molecule has 4 heteroatoms. The molecule has 0 saturated carbocycles. The number of aromatic nitrogens is 1. The van der Waals surface area contributed by atoms with E-state index in [1.165, 1.54) is 12.3 Å². The van der Waals surface area contributed by atoms with E-state index in [1.807, 2.05) is 30.3 Å². The van der Waals surface area contributed by atoms with E-state index in [-0.39, 0.29) is 18.2 Å². The predicted molar refractivity (Wildman–Crippen MR) is 72.7 cm³/mol. The van der Waals surface area contributed by atoms with Crippen LogP contribution >= 0.6 is 0 Å². The third-order valence-corrected chi connectivity index (χ3v) is 2.78. The van der Waals surface area contributed by atoms with Crippen LogP contribution in [-0.4, -0.2) is 4.98 Å². The fraction of sp³-hybridized carbons (Fsp3) is 0.0625. The van der Waals surface area contributed by atoms with Gasteiger partial charge in [0, 0.05) is 5.56 Å². The van der Waals surface area contributed by atoms with E-state index < -0.39 is 0 Å². The van der Waals surface area contributed by atoms with Gasteiger partial charge in [0.25, 0.3) is 0 Å². The highest BCUT2D eigenvalue weighted by Crippen LogP contribution is 2.20. The summed E-state index contributed by atoms with van der Waals surface area (Å²) < 4.78 is 24.2. The Bertz CT molecular complexity index is 694. The number of rotatable bonds is 4. The van der Waals surface area contributed by atoms with Gasteiger partial charge in [0.15, 0.2) is 11.6 Å². The van der Waals surface area contributed by atoms with Crippen molar-refractivity contribution < 1.29 is 13.5 Å². The molecular weight excluding hydrogens is 257 g/mol. The summed E-state index contributed by atoms with van der Waals surface area (Å²) >= 11 is 0. The molecule has 0 N–H and O–H groups in total. The van der Waals surface area contributed by atoms with Crippen molar-refractivity contribution in [3.05, 3.63) is 72.4 Å². The number of para-hydroxylation sites is 1. The van der Waals surface area contributed by atoms with Crippen LogP contribution in [-0.2, 0) is 6.61 Å². The Hall–Kier alpha value is -2.62. The number of oxazole rings is 1. The van der Waals surface area contributed by atoms with Crippen LogP contribution in [0.2, 0.25) is 0 Å². The molecule has 100 valence electrons. The number of benzene rings is 2. The number of nitrogens with zero attached hydrogens (tertiary/aromatic N) is 1. The van der Waals surface area contributed by atoms with E-state index in [0.717, 1.165) is 5.56 Å². The Morgan fingerprint density at radius 1 is 1.00 bits per heavy atom. The van der Waals surface area contributed by atoms with Gasteiger partial charge in [-0.2, -0.15) is 0 Å². The van der Waals surface area contributed by atoms with Crippen LogP contribution in [0.5, 0.6) is 5.75 Å². The molecule has 0 radical (unpaired) electrons. The van der Waals surface area contributed by atoms with Crippen molar-refractivity contribution in [3.63, 3.8) is 0 Å². The normalized spacial score (nSPS) is 10.4. The van der Waals surface area contributed by atoms with Crippen molar-refractivity contribution in [1.29, 1.82) is 0 Å². The van der Waals surface area contributed by atoms with E-state index in [0.29, 0.717) is 11.6 Å². The van der Waals surface area contributed by atoms with Gasteiger partial charge in [-0.15, -0.1) is 0 Å². The Labute approximate surface area is 115 Å². The minimum atomic E-state index is -0.390. The predicted octanol–water partition coefficient (Wildman–Crippen LogP) is 4.06. The summed E-state index contributed by atoms with van der Waals surface area (Å²) in [6.07, 6.45) is 1.52. The zero-order valence-corrected chi connectivity index (χ0v) is 10.6. The Kier molecular flexibility index (Phi) is 3.46. The summed E-state index contributed by atoms with van der Waals surface area (Å²) in [6, 6.07) is 15.8. The van der Waals surface area contributed by atoms with Gasteiger partial charge in [-0.05, 0) is 24.3 Å². The third kappa shape index (κ3) is 2.69. The van der Waals surface area contributed by atoms with Crippen LogP contribution in [0.25, 0.3) is 11.5 Å². The molecule has 1 aromatic heterocycles. The average molecular weight is 269 g/mol. The first-order chi connectivity index (χ1) is 9.83. The van der Waals surface area contributed by atoms with Gasteiger partial charge in [-0.3, -0.25) is 0 Å². The second-order valence-corrected chi connectivity index (χ2v) is 4.23. The molecule has 0 spiro atoms. The molecule has 2 aromatic carbocycles. The van der Waals surface area contributed by atoms with Gasteiger partial charge in [-0.25, -0.2) is 9.37 Å². The van der Waals surface area contributed by atoms with E-state index in [4.69, 9.17) is 9.15 Å². The molecule has 0 aliphatic heterocycles. The first kappa shape index (κ1) is 12.4. The lowest BCUT2D eigenvalue weighted by Gasteiger charge is -2.03. The van der Waals surface area contributed by atoms with Crippen LogP contribution < -0.4 is 4.74 Å². The summed E-state index contributed by atoms with van der Waals surface area (Å²) in [5.41, 5.74) is 1.51. The largest absolute Gasteiger partial charge is 0.484 e. The van der Waals surface area contributed by atoms with Crippen LogP contribution in [0.15, 0.2) is 65.3 Å². The molecule has 0 saturated heterocycles. The molecule has 3 nitrogen and oxygen atoms in total. The molecule has 20 heavy (non-hydrogen) atoms. The zero-order valence-electron chi connectivity index (χ0n) is 10.6. The molecule has 0 aliphatic rings. The second-order valence-electron chi connectivity index (χ2n) is 4.23. The van der Waals surface area contributed by atoms with Crippen LogP contribution in [0.4, 0.5) is 4.39 Å². The highest BCUT2D eigenvalue weighted by molar-refractivity contribution is 5.52. The molecule has 3 rings (SSSR count). The highest BCUT2D eigenvalue weighted by atomic mass is 19.1. The molecule has 0 aliphatic carbocycles. The van der Waals surface area contributed by atoms with E-state index in [2.05, 4.69) is 4.98 Å². The third-order valence-electron chi connectivity index (χ3n) is 2.78. The Morgan fingerprint density at radius 3 is 2.55 bits per heavy atom. The molecule has 3 aromatic rings. The van der Waals surface area contributed by atoms with Crippen molar-refractivity contribution in [2.24, 2.45) is 0 Å². The van der Waals surface area contributed by atoms with Gasteiger partial charge in [0.1, 0.15) is 18.6 Å². The van der Waals surface area contributed by atoms with Gasteiger partial charge in [0.2, 0.25) is 5.89 Å². The van der Waals surface area contributed by atoms with Crippen molar-refractivity contribution in [3.8, 4) is 17.2 Å². The average Bonchev–Trinajstić information content (AvgIpc) is 2.96. The quantitative estimate of drug-likeness (QED) is 0.716. The zero-order chi connectivity index (χ0) is 13.8. The Balaban J connectivity index is 1.71. The van der Waals surface area contributed by atoms with Crippen LogP contribution in [0.1, 0.15) is 5.69 Å². The summed E-state index contributed by atoms with van der Waals surface area (Å²) in [4.78, 5) is 4.31. The Morgan fingerprint density at radius 2 is 1.75 bits per heavy atom. The molecule has 0 amide bonds. The minimum absolute atomic E-state index is 0.164. The van der Waals surface area contributed by atoms with Crippen LogP contribution in [0, 0.1) is 5.82 Å². The number of hydrogen-bond donors (Lipinski definition) is 0. The van der Waals surface area contributed by atoms with E-state index >= 15 is 0 Å². The van der Waals surface area contributed by atoms with Gasteiger partial charge in [0.05, 0.1) is 0 Å². The standard InChI is InChI=1S/C16H12FNO2/c17-14-8-4-5-9-15(14)19-10-13-11-20-16(18-13)12-6-2-1-3-7-12/h1-9,11H,10H2. The van der Waals surface area contributed by atoms with Crippen molar-refractivity contribution >= 4 is 0 Å². The highest BCUT2D eigenvalue weighted by Gasteiger charge is 2.08. The first-order valence-electron chi connectivity index (χ1n) is 6.20. The fourth-order valence-electron chi connectivity index (χ4n) is 1.80. The lowest BCUT2D eigenvalue weighted by molar-refractivity contribution is 0.285. The van der Waals surface area contributed by atoms with Gasteiger partial charge in [-0.1, -0.05) is 30.3 Å². The number of ether oxygens (including phenoxy) is 1. The molecule has 0 atom stereocenters. The van der Waals surface area contributed by atoms with Crippen molar-refractivity contribution in [2.45, 2.75) is 6.61 Å². The molecule has 0 bridgehead atoms. The minimum Gasteiger partial charge on any atom is -0.484 e. The smallest absolute Gasteiger partial charge is 0.226 e. The maximum atomic E-state index is 13.4.